The quantitative estimate of drug-likeness (QED) is 0.739. The molecule has 1 aliphatic rings. The van der Waals surface area contributed by atoms with Crippen molar-refractivity contribution in [2.75, 3.05) is 5.75 Å². The third kappa shape index (κ3) is 2.34. The van der Waals surface area contributed by atoms with Gasteiger partial charge in [0, 0.05) is 10.7 Å². The van der Waals surface area contributed by atoms with Crippen LogP contribution in [0.25, 0.3) is 0 Å². The third-order valence-corrected chi connectivity index (χ3v) is 6.16. The molecular weight excluding hydrogens is 284 g/mol. The van der Waals surface area contributed by atoms with Crippen LogP contribution in [0.15, 0.2) is 21.9 Å². The Bertz CT molecular complexity index is 675. The summed E-state index contributed by atoms with van der Waals surface area (Å²) < 4.78 is 46.3. The molecule has 94 valence electrons. The number of halogens is 1. The van der Waals surface area contributed by atoms with E-state index in [0.29, 0.717) is 24.0 Å². The maximum Gasteiger partial charge on any atom is 0.261 e. The van der Waals surface area contributed by atoms with Crippen LogP contribution < -0.4 is 0 Å². The fourth-order valence-electron chi connectivity index (χ4n) is 2.04. The van der Waals surface area contributed by atoms with Crippen molar-refractivity contribution in [1.82, 2.24) is 0 Å². The molecule has 0 unspecified atom stereocenters. The average molecular weight is 295 g/mol. The first kappa shape index (κ1) is 12.9. The van der Waals surface area contributed by atoms with Gasteiger partial charge >= 0.3 is 0 Å². The summed E-state index contributed by atoms with van der Waals surface area (Å²) >= 11 is 0. The van der Waals surface area contributed by atoms with Crippen molar-refractivity contribution in [3.05, 3.63) is 23.3 Å². The molecule has 0 aromatic heterocycles. The zero-order chi connectivity index (χ0) is 12.8. The molecule has 2 rings (SSSR count). The van der Waals surface area contributed by atoms with Crippen LogP contribution in [0.3, 0.4) is 0 Å². The van der Waals surface area contributed by atoms with E-state index in [0.717, 1.165) is 0 Å². The van der Waals surface area contributed by atoms with E-state index in [1.54, 1.807) is 13.0 Å². The van der Waals surface area contributed by atoms with E-state index in [2.05, 4.69) is 0 Å². The molecule has 0 saturated carbocycles. The molecule has 0 fully saturated rings. The molecule has 0 saturated heterocycles. The first-order chi connectivity index (χ1) is 7.72. The minimum atomic E-state index is -3.91. The first-order valence-corrected chi connectivity index (χ1v) is 8.99. The van der Waals surface area contributed by atoms with Crippen molar-refractivity contribution in [3.63, 3.8) is 0 Å². The lowest BCUT2D eigenvalue weighted by Crippen LogP contribution is -2.17. The molecule has 0 radical (unpaired) electrons. The van der Waals surface area contributed by atoms with Gasteiger partial charge in [-0.3, -0.25) is 0 Å². The summed E-state index contributed by atoms with van der Waals surface area (Å²) in [5.74, 6) is 0.0604. The van der Waals surface area contributed by atoms with Gasteiger partial charge < -0.3 is 0 Å². The Kier molecular flexibility index (Phi) is 3.00. The van der Waals surface area contributed by atoms with Crippen LogP contribution in [-0.2, 0) is 25.3 Å². The van der Waals surface area contributed by atoms with Crippen LogP contribution in [-0.4, -0.2) is 22.6 Å². The van der Waals surface area contributed by atoms with Crippen LogP contribution >= 0.6 is 10.7 Å². The summed E-state index contributed by atoms with van der Waals surface area (Å²) in [5.41, 5.74) is 1.16. The van der Waals surface area contributed by atoms with Gasteiger partial charge in [0.05, 0.1) is 15.5 Å². The lowest BCUT2D eigenvalue weighted by atomic mass is 10.1. The Morgan fingerprint density at radius 2 is 1.94 bits per heavy atom. The predicted molar refractivity (Wildman–Crippen MR) is 64.6 cm³/mol. The normalized spacial score (nSPS) is 18.7. The number of sulfone groups is 1. The highest BCUT2D eigenvalue weighted by Gasteiger charge is 2.27. The van der Waals surface area contributed by atoms with Crippen molar-refractivity contribution in [3.8, 4) is 0 Å². The molecule has 17 heavy (non-hydrogen) atoms. The molecule has 0 amide bonds. The largest absolute Gasteiger partial charge is 0.261 e. The Balaban J connectivity index is 2.79. The van der Waals surface area contributed by atoms with Gasteiger partial charge in [0.1, 0.15) is 0 Å². The smallest absolute Gasteiger partial charge is 0.224 e. The topological polar surface area (TPSA) is 68.3 Å². The lowest BCUT2D eigenvalue weighted by molar-refractivity contribution is 0.585. The fraction of sp³-hybridized carbons (Fsp3) is 0.400. The Morgan fingerprint density at radius 1 is 1.29 bits per heavy atom. The van der Waals surface area contributed by atoms with Gasteiger partial charge in [-0.05, 0) is 37.0 Å². The monoisotopic (exact) mass is 294 g/mol. The van der Waals surface area contributed by atoms with Gasteiger partial charge in [0.25, 0.3) is 9.05 Å². The zero-order valence-corrected chi connectivity index (χ0v) is 11.5. The van der Waals surface area contributed by atoms with Gasteiger partial charge in [-0.25, -0.2) is 16.8 Å². The van der Waals surface area contributed by atoms with Crippen LogP contribution in [0, 0.1) is 6.92 Å². The second kappa shape index (κ2) is 3.96. The van der Waals surface area contributed by atoms with Crippen LogP contribution in [0.5, 0.6) is 0 Å². The Labute approximate surface area is 105 Å². The zero-order valence-electron chi connectivity index (χ0n) is 9.10. The highest BCUT2D eigenvalue weighted by atomic mass is 35.7. The second-order valence-corrected chi connectivity index (χ2v) is 8.70. The summed E-state index contributed by atoms with van der Waals surface area (Å²) in [6.07, 6.45) is 1.22. The summed E-state index contributed by atoms with van der Waals surface area (Å²) in [6, 6.07) is 2.78. The second-order valence-electron chi connectivity index (χ2n) is 4.09. The van der Waals surface area contributed by atoms with E-state index in [9.17, 15) is 16.8 Å². The molecule has 0 spiro atoms. The maximum atomic E-state index is 11.8. The van der Waals surface area contributed by atoms with E-state index in [1.807, 2.05) is 0 Å². The molecule has 1 heterocycles. The van der Waals surface area contributed by atoms with Gasteiger partial charge in [-0.15, -0.1) is 0 Å². The fourth-order valence-corrected chi connectivity index (χ4v) is 4.92. The molecule has 0 bridgehead atoms. The van der Waals surface area contributed by atoms with Gasteiger partial charge in [-0.2, -0.15) is 0 Å². The highest BCUT2D eigenvalue weighted by molar-refractivity contribution is 8.13. The molecular formula is C10H11ClO4S2. The van der Waals surface area contributed by atoms with Crippen LogP contribution in [0.4, 0.5) is 0 Å². The summed E-state index contributed by atoms with van der Waals surface area (Å²) in [7, 11) is -2.00. The maximum absolute atomic E-state index is 11.8. The summed E-state index contributed by atoms with van der Waals surface area (Å²) in [6.45, 7) is 1.61. The van der Waals surface area contributed by atoms with Crippen LogP contribution in [0.1, 0.15) is 17.5 Å². The van der Waals surface area contributed by atoms with Gasteiger partial charge in [0.2, 0.25) is 0 Å². The SMILES string of the molecule is Cc1cc2c(cc1S(=O)(=O)Cl)S(=O)(=O)CCC2. The number of hydrogen-bond acceptors (Lipinski definition) is 4. The van der Waals surface area contributed by atoms with Crippen molar-refractivity contribution in [2.24, 2.45) is 0 Å². The van der Waals surface area contributed by atoms with Crippen molar-refractivity contribution in [1.29, 1.82) is 0 Å². The summed E-state index contributed by atoms with van der Waals surface area (Å²) in [5, 5.41) is 0. The van der Waals surface area contributed by atoms with Crippen molar-refractivity contribution < 1.29 is 16.8 Å². The number of fused-ring (bicyclic) bond motifs is 1. The molecule has 0 atom stereocenters. The van der Waals surface area contributed by atoms with E-state index in [4.69, 9.17) is 10.7 Å². The third-order valence-electron chi connectivity index (χ3n) is 2.81. The van der Waals surface area contributed by atoms with Gasteiger partial charge in [-0.1, -0.05) is 6.07 Å². The van der Waals surface area contributed by atoms with Crippen molar-refractivity contribution >= 4 is 29.6 Å². The minimum absolute atomic E-state index is 0.0604. The van der Waals surface area contributed by atoms with E-state index in [1.165, 1.54) is 6.07 Å². The van der Waals surface area contributed by atoms with E-state index >= 15 is 0 Å². The lowest BCUT2D eigenvalue weighted by Gasteiger charge is -2.17. The molecule has 1 aromatic rings. The average Bonchev–Trinajstić information content (AvgIpc) is 2.13. The molecule has 1 aliphatic heterocycles. The Hall–Kier alpha value is -0.590. The van der Waals surface area contributed by atoms with E-state index < -0.39 is 18.9 Å². The summed E-state index contributed by atoms with van der Waals surface area (Å²) in [4.78, 5) is -0.0167. The molecule has 4 nitrogen and oxygen atoms in total. The number of benzene rings is 1. The van der Waals surface area contributed by atoms with Gasteiger partial charge in [0.15, 0.2) is 9.84 Å². The standard InChI is InChI=1S/C10H11ClO4S2/c1-7-5-8-3-2-4-16(12,13)10(8)6-9(7)17(11,14)15/h5-6H,2-4H2,1H3. The minimum Gasteiger partial charge on any atom is -0.224 e. The highest BCUT2D eigenvalue weighted by Crippen LogP contribution is 2.31. The molecule has 1 aromatic carbocycles. The van der Waals surface area contributed by atoms with Crippen molar-refractivity contribution in [2.45, 2.75) is 29.6 Å². The predicted octanol–water partition coefficient (Wildman–Crippen LogP) is 1.64. The van der Waals surface area contributed by atoms with E-state index in [-0.39, 0.29) is 15.5 Å². The number of hydrogen-bond donors (Lipinski definition) is 0. The first-order valence-electron chi connectivity index (χ1n) is 5.03. The Morgan fingerprint density at radius 3 is 2.53 bits per heavy atom. The van der Waals surface area contributed by atoms with Crippen LogP contribution in [0.2, 0.25) is 0 Å². The molecule has 0 N–H and O–H groups in total. The molecule has 0 aliphatic carbocycles. The molecule has 7 heteroatoms. The number of rotatable bonds is 1. The number of aryl methyl sites for hydroxylation is 2.